The molecule has 2 aliphatic rings. The maximum absolute atomic E-state index is 14.8. The van der Waals surface area contributed by atoms with Crippen LogP contribution in [-0.4, -0.2) is 0 Å². The lowest BCUT2D eigenvalue weighted by Crippen LogP contribution is -2.25. The van der Waals surface area contributed by atoms with Gasteiger partial charge >= 0.3 is 0 Å². The predicted octanol–water partition coefficient (Wildman–Crippen LogP) is 8.93. The van der Waals surface area contributed by atoms with Crippen molar-refractivity contribution in [3.8, 4) is 11.1 Å². The van der Waals surface area contributed by atoms with Crippen molar-refractivity contribution in [2.45, 2.75) is 77.0 Å². The first-order valence-electron chi connectivity index (χ1n) is 12.0. The van der Waals surface area contributed by atoms with Gasteiger partial charge in [-0.2, -0.15) is 0 Å². The van der Waals surface area contributed by atoms with E-state index in [1.54, 1.807) is 0 Å². The fraction of sp³-hybridized carbons (Fsp3) is 0.556. The summed E-state index contributed by atoms with van der Waals surface area (Å²) in [5, 5.41) is 0. The van der Waals surface area contributed by atoms with E-state index in [-0.39, 0.29) is 11.5 Å². The number of hydrogen-bond acceptors (Lipinski definition) is 0. The van der Waals surface area contributed by atoms with E-state index in [1.807, 2.05) is 0 Å². The fourth-order valence-electron chi connectivity index (χ4n) is 6.08. The van der Waals surface area contributed by atoms with Crippen molar-refractivity contribution < 1.29 is 22.0 Å². The molecule has 0 aliphatic heterocycles. The summed E-state index contributed by atoms with van der Waals surface area (Å²) >= 11 is 0. The van der Waals surface area contributed by atoms with Crippen LogP contribution in [-0.2, 0) is 0 Å². The van der Waals surface area contributed by atoms with Crippen LogP contribution in [0.4, 0.5) is 22.0 Å². The molecule has 0 saturated heterocycles. The van der Waals surface area contributed by atoms with Gasteiger partial charge in [-0.3, -0.25) is 0 Å². The van der Waals surface area contributed by atoms with Gasteiger partial charge in [-0.15, -0.1) is 0 Å². The van der Waals surface area contributed by atoms with E-state index in [0.717, 1.165) is 37.5 Å². The summed E-state index contributed by atoms with van der Waals surface area (Å²) in [6.07, 6.45) is 11.8. The molecule has 32 heavy (non-hydrogen) atoms. The highest BCUT2D eigenvalue weighted by molar-refractivity contribution is 5.65. The lowest BCUT2D eigenvalue weighted by atomic mass is 9.68. The minimum absolute atomic E-state index is 0.0856. The smallest absolute Gasteiger partial charge is 0.194 e. The number of benzene rings is 2. The molecule has 0 bridgehead atoms. The van der Waals surface area contributed by atoms with E-state index in [4.69, 9.17) is 0 Å². The van der Waals surface area contributed by atoms with Crippen LogP contribution in [0.25, 0.3) is 11.1 Å². The summed E-state index contributed by atoms with van der Waals surface area (Å²) in [6.45, 7) is 2.25. The molecule has 2 aliphatic carbocycles. The fourth-order valence-corrected chi connectivity index (χ4v) is 6.08. The lowest BCUT2D eigenvalue weighted by molar-refractivity contribution is 0.156. The third-order valence-electron chi connectivity index (χ3n) is 7.84. The molecular formula is C27H31F5. The summed E-state index contributed by atoms with van der Waals surface area (Å²) in [5.74, 6) is -3.88. The molecule has 2 fully saturated rings. The number of hydrogen-bond donors (Lipinski definition) is 0. The quantitative estimate of drug-likeness (QED) is 0.315. The largest absolute Gasteiger partial charge is 0.206 e. The molecule has 0 atom stereocenters. The van der Waals surface area contributed by atoms with E-state index in [9.17, 15) is 22.0 Å². The van der Waals surface area contributed by atoms with Crippen molar-refractivity contribution in [1.82, 2.24) is 0 Å². The molecule has 0 N–H and O–H groups in total. The maximum atomic E-state index is 14.8. The van der Waals surface area contributed by atoms with Crippen molar-refractivity contribution >= 4 is 0 Å². The van der Waals surface area contributed by atoms with E-state index >= 15 is 0 Å². The third-order valence-corrected chi connectivity index (χ3v) is 7.84. The van der Waals surface area contributed by atoms with Crippen LogP contribution in [0.15, 0.2) is 24.3 Å². The standard InChI is InChI=1S/C27H31F5/c1-2-3-16-4-6-17(7-5-16)18-8-10-19(11-9-18)20-12-22(28)26(23(29)13-20)21-14-24(30)27(32)25(31)15-21/h12-19H,2-11H2,1H3. The Hall–Kier alpha value is -1.91. The van der Waals surface area contributed by atoms with Crippen molar-refractivity contribution in [2.24, 2.45) is 17.8 Å². The van der Waals surface area contributed by atoms with Gasteiger partial charge in [0.2, 0.25) is 0 Å². The third kappa shape index (κ3) is 4.87. The van der Waals surface area contributed by atoms with Crippen LogP contribution >= 0.6 is 0 Å². The Balaban J connectivity index is 1.43. The number of rotatable bonds is 5. The van der Waals surface area contributed by atoms with Gasteiger partial charge in [-0.25, -0.2) is 22.0 Å². The second-order valence-corrected chi connectivity index (χ2v) is 9.79. The Morgan fingerprint density at radius 3 is 1.66 bits per heavy atom. The van der Waals surface area contributed by atoms with Crippen molar-refractivity contribution in [3.05, 3.63) is 58.9 Å². The molecule has 174 valence electrons. The van der Waals surface area contributed by atoms with E-state index in [1.165, 1.54) is 50.7 Å². The van der Waals surface area contributed by atoms with Gasteiger partial charge in [0.15, 0.2) is 17.5 Å². The average molecular weight is 451 g/mol. The van der Waals surface area contributed by atoms with Crippen LogP contribution < -0.4 is 0 Å². The van der Waals surface area contributed by atoms with Gasteiger partial charge in [-0.05, 0) is 97.6 Å². The maximum Gasteiger partial charge on any atom is 0.194 e. The molecular weight excluding hydrogens is 419 g/mol. The van der Waals surface area contributed by atoms with Crippen molar-refractivity contribution in [2.75, 3.05) is 0 Å². The number of halogens is 5. The molecule has 5 heteroatoms. The first-order valence-corrected chi connectivity index (χ1v) is 12.0. The van der Waals surface area contributed by atoms with Gasteiger partial charge in [0.05, 0.1) is 5.56 Å². The lowest BCUT2D eigenvalue weighted by Gasteiger charge is -2.38. The zero-order valence-electron chi connectivity index (χ0n) is 18.6. The van der Waals surface area contributed by atoms with Gasteiger partial charge in [0.25, 0.3) is 0 Å². The van der Waals surface area contributed by atoms with Crippen LogP contribution in [0.5, 0.6) is 0 Å². The molecule has 0 aromatic heterocycles. The highest BCUT2D eigenvalue weighted by Crippen LogP contribution is 2.45. The summed E-state index contributed by atoms with van der Waals surface area (Å²) in [5.41, 5.74) is -0.272. The van der Waals surface area contributed by atoms with Gasteiger partial charge in [-0.1, -0.05) is 32.6 Å². The topological polar surface area (TPSA) is 0 Å². The summed E-state index contributed by atoms with van der Waals surface area (Å²) in [7, 11) is 0. The average Bonchev–Trinajstić information content (AvgIpc) is 2.78. The van der Waals surface area contributed by atoms with E-state index in [2.05, 4.69) is 6.92 Å². The zero-order chi connectivity index (χ0) is 22.8. The second kappa shape index (κ2) is 9.93. The molecule has 0 spiro atoms. The highest BCUT2D eigenvalue weighted by Gasteiger charge is 2.31. The van der Waals surface area contributed by atoms with E-state index < -0.39 is 34.6 Å². The molecule has 4 rings (SSSR count). The first kappa shape index (κ1) is 23.3. The Morgan fingerprint density at radius 1 is 0.656 bits per heavy atom. The van der Waals surface area contributed by atoms with Gasteiger partial charge < -0.3 is 0 Å². The highest BCUT2D eigenvalue weighted by atomic mass is 19.2. The second-order valence-electron chi connectivity index (χ2n) is 9.79. The Morgan fingerprint density at radius 2 is 1.16 bits per heavy atom. The van der Waals surface area contributed by atoms with Gasteiger partial charge in [0, 0.05) is 0 Å². The van der Waals surface area contributed by atoms with Crippen LogP contribution in [0, 0.1) is 46.8 Å². The molecule has 0 heterocycles. The molecule has 0 radical (unpaired) electrons. The van der Waals surface area contributed by atoms with Crippen LogP contribution in [0.3, 0.4) is 0 Å². The van der Waals surface area contributed by atoms with E-state index in [0.29, 0.717) is 23.6 Å². The Bertz CT molecular complexity index is 891. The van der Waals surface area contributed by atoms with Gasteiger partial charge in [0.1, 0.15) is 11.6 Å². The summed E-state index contributed by atoms with van der Waals surface area (Å²) in [6, 6.07) is 3.80. The van der Waals surface area contributed by atoms with Crippen LogP contribution in [0.1, 0.15) is 82.6 Å². The molecule has 2 aromatic rings. The minimum atomic E-state index is -1.65. The monoisotopic (exact) mass is 450 g/mol. The van der Waals surface area contributed by atoms with Crippen molar-refractivity contribution in [3.63, 3.8) is 0 Å². The molecule has 0 unspecified atom stereocenters. The molecule has 2 saturated carbocycles. The minimum Gasteiger partial charge on any atom is -0.206 e. The Kier molecular flexibility index (Phi) is 7.21. The molecule has 2 aromatic carbocycles. The predicted molar refractivity (Wildman–Crippen MR) is 117 cm³/mol. The Labute approximate surface area is 187 Å². The molecule has 0 amide bonds. The van der Waals surface area contributed by atoms with Crippen molar-refractivity contribution in [1.29, 1.82) is 0 Å². The summed E-state index contributed by atoms with van der Waals surface area (Å²) in [4.78, 5) is 0. The zero-order valence-corrected chi connectivity index (χ0v) is 18.6. The molecule has 0 nitrogen and oxygen atoms in total. The van der Waals surface area contributed by atoms with Crippen LogP contribution in [0.2, 0.25) is 0 Å². The summed E-state index contributed by atoms with van der Waals surface area (Å²) < 4.78 is 69.9. The SMILES string of the molecule is CCCC1CCC(C2CCC(c3cc(F)c(-c4cc(F)c(F)c(F)c4)c(F)c3)CC2)CC1. The normalized spacial score (nSPS) is 26.3. The first-order chi connectivity index (χ1) is 15.4.